The van der Waals surface area contributed by atoms with Crippen molar-refractivity contribution in [3.8, 4) is 0 Å². The number of thiol groups is 1. The van der Waals surface area contributed by atoms with Crippen molar-refractivity contribution >= 4 is 30.3 Å². The minimum absolute atomic E-state index is 0.244. The highest BCUT2D eigenvalue weighted by atomic mass is 32.2. The fourth-order valence-corrected chi connectivity index (χ4v) is 2.75. The molecule has 0 radical (unpaired) electrons. The normalized spacial score (nSPS) is 19.2. The van der Waals surface area contributed by atoms with Crippen molar-refractivity contribution in [2.75, 3.05) is 24.8 Å². The first-order chi connectivity index (χ1) is 7.54. The molecule has 0 aromatic rings. The van der Waals surface area contributed by atoms with Crippen molar-refractivity contribution in [3.05, 3.63) is 0 Å². The summed E-state index contributed by atoms with van der Waals surface area (Å²) in [4.78, 5) is 14.0. The van der Waals surface area contributed by atoms with Crippen LogP contribution < -0.4 is 0 Å². The fourth-order valence-electron chi connectivity index (χ4n) is 1.74. The van der Waals surface area contributed by atoms with E-state index in [1.807, 2.05) is 23.7 Å². The van der Waals surface area contributed by atoms with Crippen LogP contribution in [0, 0.1) is 5.41 Å². The molecular weight excluding hydrogens is 238 g/mol. The summed E-state index contributed by atoms with van der Waals surface area (Å²) >= 11 is 6.18. The highest BCUT2D eigenvalue weighted by Gasteiger charge is 2.43. The van der Waals surface area contributed by atoms with E-state index in [9.17, 15) is 4.79 Å². The summed E-state index contributed by atoms with van der Waals surface area (Å²) in [6, 6.07) is 0.357. The van der Waals surface area contributed by atoms with Gasteiger partial charge in [-0.1, -0.05) is 0 Å². The molecule has 1 amide bonds. The van der Waals surface area contributed by atoms with E-state index in [0.717, 1.165) is 17.9 Å². The molecule has 1 unspecified atom stereocenters. The number of nitrogens with zero attached hydrogens (tertiary/aromatic N) is 1. The van der Waals surface area contributed by atoms with Gasteiger partial charge in [0.15, 0.2) is 0 Å². The Bertz CT molecular complexity index is 241. The summed E-state index contributed by atoms with van der Waals surface area (Å²) in [5.41, 5.74) is 0.244. The number of thioether (sulfide) groups is 1. The molecule has 0 heterocycles. The predicted octanol–water partition coefficient (Wildman–Crippen LogP) is 2.69. The van der Waals surface area contributed by atoms with Crippen LogP contribution in [-0.2, 0) is 4.79 Å². The zero-order valence-corrected chi connectivity index (χ0v) is 12.2. The zero-order valence-electron chi connectivity index (χ0n) is 10.5. The molecule has 0 aromatic carbocycles. The first-order valence-electron chi connectivity index (χ1n) is 5.90. The average molecular weight is 261 g/mol. The third kappa shape index (κ3) is 3.88. The Morgan fingerprint density at radius 3 is 2.62 bits per heavy atom. The van der Waals surface area contributed by atoms with Crippen LogP contribution in [0.5, 0.6) is 0 Å². The number of rotatable bonds is 7. The molecule has 1 aliphatic rings. The first kappa shape index (κ1) is 14.2. The van der Waals surface area contributed by atoms with Crippen LogP contribution in [0.3, 0.4) is 0 Å². The summed E-state index contributed by atoms with van der Waals surface area (Å²) < 4.78 is 0. The Kier molecular flexibility index (Phi) is 5.51. The van der Waals surface area contributed by atoms with E-state index in [1.54, 1.807) is 0 Å². The topological polar surface area (TPSA) is 20.3 Å². The van der Waals surface area contributed by atoms with Gasteiger partial charge in [0.2, 0.25) is 5.91 Å². The van der Waals surface area contributed by atoms with Crippen molar-refractivity contribution in [3.63, 3.8) is 0 Å². The summed E-state index contributed by atoms with van der Waals surface area (Å²) in [6.45, 7) is 2.13. The van der Waals surface area contributed by atoms with Gasteiger partial charge < -0.3 is 4.90 Å². The highest BCUT2D eigenvalue weighted by molar-refractivity contribution is 7.98. The smallest absolute Gasteiger partial charge is 0.223 e. The molecule has 0 saturated heterocycles. The lowest BCUT2D eigenvalue weighted by Crippen LogP contribution is -2.36. The molecule has 0 bridgehead atoms. The van der Waals surface area contributed by atoms with Crippen molar-refractivity contribution in [2.45, 2.75) is 38.6 Å². The van der Waals surface area contributed by atoms with E-state index in [-0.39, 0.29) is 5.41 Å². The number of hydrogen-bond donors (Lipinski definition) is 1. The summed E-state index contributed by atoms with van der Waals surface area (Å²) in [5.74, 6) is 2.27. The van der Waals surface area contributed by atoms with Crippen molar-refractivity contribution in [1.82, 2.24) is 4.90 Å². The molecule has 1 fully saturated rings. The van der Waals surface area contributed by atoms with Gasteiger partial charge >= 0.3 is 0 Å². The van der Waals surface area contributed by atoms with Gasteiger partial charge in [-0.2, -0.15) is 24.4 Å². The second-order valence-electron chi connectivity index (χ2n) is 4.97. The van der Waals surface area contributed by atoms with Gasteiger partial charge in [0.25, 0.3) is 0 Å². The summed E-state index contributed by atoms with van der Waals surface area (Å²) in [5, 5.41) is 0. The van der Waals surface area contributed by atoms with Gasteiger partial charge in [0.1, 0.15) is 0 Å². The molecular formula is C12H23NOS2. The molecule has 0 aromatic heterocycles. The van der Waals surface area contributed by atoms with E-state index in [2.05, 4.69) is 25.8 Å². The second-order valence-corrected chi connectivity index (χ2v) is 6.27. The lowest BCUT2D eigenvalue weighted by molar-refractivity contribution is -0.132. The molecule has 94 valence electrons. The maximum atomic E-state index is 12.0. The molecule has 0 aliphatic heterocycles. The van der Waals surface area contributed by atoms with Crippen molar-refractivity contribution in [1.29, 1.82) is 0 Å². The second kappa shape index (κ2) is 6.20. The number of hydrogen-bond acceptors (Lipinski definition) is 3. The Balaban J connectivity index is 2.35. The van der Waals surface area contributed by atoms with Gasteiger partial charge in [-0.15, -0.1) is 0 Å². The fraction of sp³-hybridized carbons (Fsp3) is 0.917. The number of carbonyl (C=O) groups is 1. The van der Waals surface area contributed by atoms with Crippen molar-refractivity contribution in [2.24, 2.45) is 5.41 Å². The predicted molar refractivity (Wildman–Crippen MR) is 75.4 cm³/mol. The van der Waals surface area contributed by atoms with E-state index in [4.69, 9.17) is 0 Å². The van der Waals surface area contributed by atoms with Crippen LogP contribution in [-0.4, -0.2) is 41.7 Å². The molecule has 16 heavy (non-hydrogen) atoms. The lowest BCUT2D eigenvalue weighted by Gasteiger charge is -2.26. The third-order valence-corrected chi connectivity index (χ3v) is 4.93. The largest absolute Gasteiger partial charge is 0.343 e. The van der Waals surface area contributed by atoms with Crippen LogP contribution >= 0.6 is 24.4 Å². The SMILES string of the molecule is CSCCC(C)N(C)C(=O)CC1(CS)CC1. The van der Waals surface area contributed by atoms with E-state index in [1.165, 1.54) is 12.8 Å². The van der Waals surface area contributed by atoms with Gasteiger partial charge in [-0.05, 0) is 49.4 Å². The van der Waals surface area contributed by atoms with Crippen LogP contribution in [0.4, 0.5) is 0 Å². The maximum absolute atomic E-state index is 12.0. The Hall–Kier alpha value is 0.170. The van der Waals surface area contributed by atoms with E-state index < -0.39 is 0 Å². The van der Waals surface area contributed by atoms with Gasteiger partial charge in [-0.25, -0.2) is 0 Å². The molecule has 1 saturated carbocycles. The monoisotopic (exact) mass is 261 g/mol. The third-order valence-electron chi connectivity index (χ3n) is 3.61. The Morgan fingerprint density at radius 1 is 1.56 bits per heavy atom. The molecule has 1 atom stereocenters. The maximum Gasteiger partial charge on any atom is 0.223 e. The van der Waals surface area contributed by atoms with Crippen LogP contribution in [0.2, 0.25) is 0 Å². The summed E-state index contributed by atoms with van der Waals surface area (Å²) in [6.07, 6.45) is 6.23. The highest BCUT2D eigenvalue weighted by Crippen LogP contribution is 2.49. The van der Waals surface area contributed by atoms with Gasteiger partial charge in [0.05, 0.1) is 0 Å². The minimum atomic E-state index is 0.244. The molecule has 1 aliphatic carbocycles. The quantitative estimate of drug-likeness (QED) is 0.711. The van der Waals surface area contributed by atoms with Gasteiger partial charge in [0, 0.05) is 19.5 Å². The number of carbonyl (C=O) groups excluding carboxylic acids is 1. The van der Waals surface area contributed by atoms with E-state index >= 15 is 0 Å². The lowest BCUT2D eigenvalue weighted by atomic mass is 10.0. The first-order valence-corrected chi connectivity index (χ1v) is 7.93. The van der Waals surface area contributed by atoms with Crippen LogP contribution in [0.1, 0.15) is 32.6 Å². The zero-order chi connectivity index (χ0) is 12.2. The molecule has 2 nitrogen and oxygen atoms in total. The minimum Gasteiger partial charge on any atom is -0.343 e. The molecule has 0 spiro atoms. The number of amides is 1. The Morgan fingerprint density at radius 2 is 2.19 bits per heavy atom. The molecule has 0 N–H and O–H groups in total. The van der Waals surface area contributed by atoms with Crippen molar-refractivity contribution < 1.29 is 4.79 Å². The Labute approximate surface area is 109 Å². The van der Waals surface area contributed by atoms with Crippen LogP contribution in [0.25, 0.3) is 0 Å². The van der Waals surface area contributed by atoms with Gasteiger partial charge in [-0.3, -0.25) is 4.79 Å². The summed E-state index contributed by atoms with van der Waals surface area (Å²) in [7, 11) is 1.93. The molecule has 4 heteroatoms. The van der Waals surface area contributed by atoms with Crippen LogP contribution in [0.15, 0.2) is 0 Å². The standard InChI is InChI=1S/C12H23NOS2/c1-10(4-7-16-3)13(2)11(14)8-12(9-15)5-6-12/h10,15H,4-9H2,1-3H3. The molecule has 1 rings (SSSR count). The average Bonchev–Trinajstić information content (AvgIpc) is 3.05. The van der Waals surface area contributed by atoms with E-state index in [0.29, 0.717) is 18.4 Å².